The normalized spacial score (nSPS) is 23.2. The van der Waals surface area contributed by atoms with E-state index in [0.29, 0.717) is 17.1 Å². The fraction of sp³-hybridized carbons (Fsp3) is 0.600. The monoisotopic (exact) mass is 305 g/mol. The summed E-state index contributed by atoms with van der Waals surface area (Å²) in [5, 5.41) is 0. The van der Waals surface area contributed by atoms with Crippen molar-refractivity contribution in [3.05, 3.63) is 23.2 Å². The molecule has 114 valence electrons. The molecule has 0 aromatic heterocycles. The van der Waals surface area contributed by atoms with Crippen molar-refractivity contribution < 1.29 is 9.59 Å². The van der Waals surface area contributed by atoms with Crippen LogP contribution >= 0.6 is 0 Å². The van der Waals surface area contributed by atoms with Crippen molar-refractivity contribution in [3.63, 3.8) is 0 Å². The fourth-order valence-electron chi connectivity index (χ4n) is 2.28. The molecule has 3 heterocycles. The number of ketones is 2. The van der Waals surface area contributed by atoms with Gasteiger partial charge in [-0.25, -0.2) is 0 Å². The summed E-state index contributed by atoms with van der Waals surface area (Å²) in [7, 11) is -0.139. The van der Waals surface area contributed by atoms with Crippen molar-refractivity contribution >= 4 is 20.4 Å². The van der Waals surface area contributed by atoms with Crippen molar-refractivity contribution in [1.82, 2.24) is 14.7 Å². The molecule has 6 heteroatoms. The van der Waals surface area contributed by atoms with E-state index in [1.807, 2.05) is 14.7 Å². The van der Waals surface area contributed by atoms with Crippen molar-refractivity contribution in [3.8, 4) is 0 Å². The number of hydrogen-bond acceptors (Lipinski definition) is 5. The molecule has 0 N–H and O–H groups in total. The van der Waals surface area contributed by atoms with E-state index in [1.165, 1.54) is 6.08 Å². The molecule has 21 heavy (non-hydrogen) atoms. The van der Waals surface area contributed by atoms with Gasteiger partial charge in [-0.1, -0.05) is 19.6 Å². The highest BCUT2D eigenvalue weighted by atomic mass is 28.3. The molecule has 4 aliphatic rings. The summed E-state index contributed by atoms with van der Waals surface area (Å²) >= 11 is 0. The second-order valence-electron chi connectivity index (χ2n) is 6.61. The third-order valence-corrected chi connectivity index (χ3v) is 3.49. The Kier molecular flexibility index (Phi) is 3.65. The number of hydrogen-bond donors (Lipinski definition) is 0. The maximum Gasteiger partial charge on any atom is 0.227 e. The predicted molar refractivity (Wildman–Crippen MR) is 84.6 cm³/mol. The maximum absolute atomic E-state index is 12.4. The number of rotatable bonds is 3. The Balaban J connectivity index is 0.000000298. The summed E-state index contributed by atoms with van der Waals surface area (Å²) in [6.45, 7) is 12.3. The second kappa shape index (κ2) is 5.33. The molecule has 4 rings (SSSR count). The molecule has 1 aliphatic carbocycles. The Morgan fingerprint density at radius 1 is 0.810 bits per heavy atom. The lowest BCUT2D eigenvalue weighted by Gasteiger charge is -2.21. The summed E-state index contributed by atoms with van der Waals surface area (Å²) in [5.41, 5.74) is 1.89. The quantitative estimate of drug-likeness (QED) is 0.426. The van der Waals surface area contributed by atoms with Gasteiger partial charge in [0, 0.05) is 54.1 Å². The summed E-state index contributed by atoms with van der Waals surface area (Å²) in [4.78, 5) is 30.5. The number of carbonyl (C=O) groups is 2. The first-order chi connectivity index (χ1) is 9.99. The van der Waals surface area contributed by atoms with Crippen molar-refractivity contribution in [2.75, 3.05) is 39.3 Å². The van der Waals surface area contributed by atoms with Gasteiger partial charge < -0.3 is 14.7 Å². The van der Waals surface area contributed by atoms with E-state index in [1.54, 1.807) is 0 Å². The standard InChI is InChI=1S/C12H13N3O2.C3H10Si/c16-9-7-8(13-1-2-13)12(17)11(15-5-6-15)10(9)14-3-4-14;1-4(2)3/h7H,1-6H2;4H,1-3H3. The van der Waals surface area contributed by atoms with E-state index < -0.39 is 0 Å². The molecular weight excluding hydrogens is 282 g/mol. The molecule has 3 aliphatic heterocycles. The Labute approximate surface area is 127 Å². The lowest BCUT2D eigenvalue weighted by atomic mass is 10.0. The van der Waals surface area contributed by atoms with E-state index in [4.69, 9.17) is 0 Å². The highest BCUT2D eigenvalue weighted by Crippen LogP contribution is 2.33. The average molecular weight is 305 g/mol. The van der Waals surface area contributed by atoms with E-state index >= 15 is 0 Å². The fourth-order valence-corrected chi connectivity index (χ4v) is 2.28. The zero-order valence-electron chi connectivity index (χ0n) is 13.1. The number of allylic oxidation sites excluding steroid dienone is 1. The molecule has 0 radical (unpaired) electrons. The van der Waals surface area contributed by atoms with Gasteiger partial charge in [0.05, 0.1) is 5.70 Å². The second-order valence-corrected chi connectivity index (χ2v) is 10.1. The van der Waals surface area contributed by atoms with E-state index in [-0.39, 0.29) is 20.4 Å². The Morgan fingerprint density at radius 3 is 1.67 bits per heavy atom. The van der Waals surface area contributed by atoms with Crippen LogP contribution in [0.1, 0.15) is 0 Å². The van der Waals surface area contributed by atoms with Gasteiger partial charge >= 0.3 is 0 Å². The number of Topliss-reactive ketones (excluding diaryl/α,β-unsaturated/α-hetero) is 1. The topological polar surface area (TPSA) is 43.2 Å². The zero-order valence-corrected chi connectivity index (χ0v) is 14.2. The smallest absolute Gasteiger partial charge is 0.227 e. The van der Waals surface area contributed by atoms with Gasteiger partial charge in [-0.3, -0.25) is 9.59 Å². The van der Waals surface area contributed by atoms with E-state index in [9.17, 15) is 9.59 Å². The Morgan fingerprint density at radius 2 is 1.24 bits per heavy atom. The Bertz CT molecular complexity index is 538. The molecular formula is C15H23N3O2Si. The molecule has 0 aromatic rings. The average Bonchev–Trinajstić information content (AvgIpc) is 3.26. The summed E-state index contributed by atoms with van der Waals surface area (Å²) in [6, 6.07) is 0. The molecule has 0 amide bonds. The number of carbonyl (C=O) groups excluding carboxylic acids is 2. The highest BCUT2D eigenvalue weighted by molar-refractivity contribution is 6.54. The molecule has 3 saturated heterocycles. The Hall–Kier alpha value is -1.56. The summed E-state index contributed by atoms with van der Waals surface area (Å²) < 4.78 is 0. The molecule has 0 bridgehead atoms. The van der Waals surface area contributed by atoms with Crippen molar-refractivity contribution in [1.29, 1.82) is 0 Å². The third-order valence-electron chi connectivity index (χ3n) is 3.49. The first kappa shape index (κ1) is 14.4. The molecule has 3 fully saturated rings. The van der Waals surface area contributed by atoms with Crippen LogP contribution in [0.25, 0.3) is 0 Å². The van der Waals surface area contributed by atoms with Gasteiger partial charge in [0.15, 0.2) is 0 Å². The summed E-state index contributed by atoms with van der Waals surface area (Å²) in [6.07, 6.45) is 1.52. The molecule has 0 saturated carbocycles. The highest BCUT2D eigenvalue weighted by Gasteiger charge is 2.43. The van der Waals surface area contributed by atoms with Gasteiger partial charge in [-0.2, -0.15) is 0 Å². The third kappa shape index (κ3) is 3.20. The van der Waals surface area contributed by atoms with E-state index in [0.717, 1.165) is 39.3 Å². The van der Waals surface area contributed by atoms with Crippen LogP contribution in [-0.4, -0.2) is 74.3 Å². The zero-order chi connectivity index (χ0) is 15.1. The SMILES string of the molecule is C[SiH](C)C.O=C1C=C(N2CC2)C(=O)C(N2CC2)=C1N1CC1. The molecule has 5 nitrogen and oxygen atoms in total. The largest absolute Gasteiger partial charge is 0.365 e. The van der Waals surface area contributed by atoms with Gasteiger partial charge in [0.1, 0.15) is 11.4 Å². The van der Waals surface area contributed by atoms with Crippen LogP contribution in [0.15, 0.2) is 23.2 Å². The minimum Gasteiger partial charge on any atom is -0.365 e. The van der Waals surface area contributed by atoms with Crippen LogP contribution in [0.2, 0.25) is 19.6 Å². The maximum atomic E-state index is 12.4. The van der Waals surface area contributed by atoms with Crippen molar-refractivity contribution in [2.45, 2.75) is 19.6 Å². The predicted octanol–water partition coefficient (Wildman–Crippen LogP) is 0.283. The first-order valence-corrected chi connectivity index (χ1v) is 11.2. The number of nitrogens with zero attached hydrogens (tertiary/aromatic N) is 3. The van der Waals surface area contributed by atoms with Gasteiger partial charge in [-0.15, -0.1) is 0 Å². The lowest BCUT2D eigenvalue weighted by Crippen LogP contribution is -2.29. The van der Waals surface area contributed by atoms with E-state index in [2.05, 4.69) is 19.6 Å². The van der Waals surface area contributed by atoms with Crippen LogP contribution in [0.4, 0.5) is 0 Å². The van der Waals surface area contributed by atoms with Crippen LogP contribution in [0.3, 0.4) is 0 Å². The minimum absolute atomic E-state index is 0.00546. The van der Waals surface area contributed by atoms with Crippen LogP contribution < -0.4 is 0 Å². The van der Waals surface area contributed by atoms with Gasteiger partial charge in [0.25, 0.3) is 0 Å². The minimum atomic E-state index is -0.139. The van der Waals surface area contributed by atoms with Crippen LogP contribution in [0.5, 0.6) is 0 Å². The molecule has 0 atom stereocenters. The van der Waals surface area contributed by atoms with Crippen LogP contribution in [-0.2, 0) is 9.59 Å². The molecule has 0 spiro atoms. The molecule has 0 unspecified atom stereocenters. The van der Waals surface area contributed by atoms with Crippen molar-refractivity contribution in [2.24, 2.45) is 0 Å². The molecule has 0 aromatic carbocycles. The lowest BCUT2D eigenvalue weighted by molar-refractivity contribution is -0.117. The summed E-state index contributed by atoms with van der Waals surface area (Å²) in [5.74, 6) is 0.0485. The first-order valence-electron chi connectivity index (χ1n) is 7.79. The van der Waals surface area contributed by atoms with Gasteiger partial charge in [0.2, 0.25) is 11.6 Å². The van der Waals surface area contributed by atoms with Crippen LogP contribution in [0, 0.1) is 0 Å². The van der Waals surface area contributed by atoms with Gasteiger partial charge in [-0.05, 0) is 0 Å².